The Bertz CT molecular complexity index is 313. The first kappa shape index (κ1) is 30.0. The zero-order valence-electron chi connectivity index (χ0n) is 19.3. The third-order valence-corrected chi connectivity index (χ3v) is 4.51. The molecule has 3 fully saturated rings. The van der Waals surface area contributed by atoms with Crippen LogP contribution < -0.4 is 10.6 Å². The molecule has 2 aliphatic heterocycles. The van der Waals surface area contributed by atoms with Crippen LogP contribution in [0.15, 0.2) is 0 Å². The molecule has 1 aliphatic carbocycles. The van der Waals surface area contributed by atoms with Crippen molar-refractivity contribution in [1.82, 2.24) is 10.6 Å². The van der Waals surface area contributed by atoms with Gasteiger partial charge in [-0.3, -0.25) is 0 Å². The van der Waals surface area contributed by atoms with Gasteiger partial charge in [-0.15, -0.1) is 0 Å². The molecule has 0 radical (unpaired) electrons. The second kappa shape index (κ2) is 19.0. The van der Waals surface area contributed by atoms with E-state index < -0.39 is 0 Å². The van der Waals surface area contributed by atoms with E-state index in [1.165, 1.54) is 6.42 Å². The van der Waals surface area contributed by atoms with Crippen LogP contribution in [0, 0.1) is 17.3 Å². The molecular formula is C22H48N2O2. The van der Waals surface area contributed by atoms with Crippen molar-refractivity contribution in [3.05, 3.63) is 0 Å². The maximum absolute atomic E-state index is 10.5. The van der Waals surface area contributed by atoms with Crippen LogP contribution in [-0.4, -0.2) is 37.7 Å². The summed E-state index contributed by atoms with van der Waals surface area (Å²) in [5.41, 5.74) is 0.441. The van der Waals surface area contributed by atoms with Gasteiger partial charge in [0.2, 0.25) is 0 Å². The molecule has 3 aliphatic rings. The SMILES string of the molecule is CC.CC.CC.CC1(C)C2CN[C@H](C=O)C21.CCC.O=C[C@@H]1CCCN1. The number of rotatable bonds is 2. The molecule has 2 heterocycles. The number of carbonyl (C=O) groups is 2. The van der Waals surface area contributed by atoms with Crippen LogP contribution in [0.25, 0.3) is 0 Å². The maximum Gasteiger partial charge on any atom is 0.137 e. The molecule has 0 spiro atoms. The van der Waals surface area contributed by atoms with Crippen LogP contribution in [0.4, 0.5) is 0 Å². The summed E-state index contributed by atoms with van der Waals surface area (Å²) in [7, 11) is 0. The Hall–Kier alpha value is -0.740. The zero-order chi connectivity index (χ0) is 21.2. The minimum absolute atomic E-state index is 0.153. The molecule has 26 heavy (non-hydrogen) atoms. The lowest BCUT2D eigenvalue weighted by Crippen LogP contribution is -2.31. The molecule has 0 bridgehead atoms. The Morgan fingerprint density at radius 3 is 1.62 bits per heavy atom. The lowest BCUT2D eigenvalue weighted by atomic mass is 10.0. The van der Waals surface area contributed by atoms with Gasteiger partial charge in [0.15, 0.2) is 0 Å². The minimum Gasteiger partial charge on any atom is -0.308 e. The van der Waals surface area contributed by atoms with Crippen molar-refractivity contribution in [1.29, 1.82) is 0 Å². The van der Waals surface area contributed by atoms with Gasteiger partial charge in [-0.25, -0.2) is 0 Å². The molecule has 0 amide bonds. The van der Waals surface area contributed by atoms with E-state index in [2.05, 4.69) is 38.3 Å². The topological polar surface area (TPSA) is 58.2 Å². The normalized spacial score (nSPS) is 28.2. The van der Waals surface area contributed by atoms with E-state index >= 15 is 0 Å². The van der Waals surface area contributed by atoms with Crippen molar-refractivity contribution in [3.63, 3.8) is 0 Å². The molecule has 4 nitrogen and oxygen atoms in total. The lowest BCUT2D eigenvalue weighted by molar-refractivity contribution is -0.110. The largest absolute Gasteiger partial charge is 0.308 e. The summed E-state index contributed by atoms with van der Waals surface area (Å²) in [4.78, 5) is 20.4. The fourth-order valence-corrected chi connectivity index (χ4v) is 3.24. The Labute approximate surface area is 164 Å². The van der Waals surface area contributed by atoms with Gasteiger partial charge in [-0.05, 0) is 43.2 Å². The van der Waals surface area contributed by atoms with Crippen LogP contribution >= 0.6 is 0 Å². The van der Waals surface area contributed by atoms with Crippen molar-refractivity contribution in [3.8, 4) is 0 Å². The number of fused-ring (bicyclic) bond motifs is 1. The second-order valence-electron chi connectivity index (χ2n) is 6.57. The zero-order valence-corrected chi connectivity index (χ0v) is 19.3. The molecular weight excluding hydrogens is 324 g/mol. The van der Waals surface area contributed by atoms with Gasteiger partial charge in [0.25, 0.3) is 0 Å². The first-order valence-corrected chi connectivity index (χ1v) is 10.9. The molecule has 2 N–H and O–H groups in total. The Morgan fingerprint density at radius 1 is 0.923 bits per heavy atom. The predicted octanol–water partition coefficient (Wildman–Crippen LogP) is 4.86. The molecule has 1 saturated carbocycles. The van der Waals surface area contributed by atoms with Crippen molar-refractivity contribution >= 4 is 12.6 Å². The average Bonchev–Trinajstić information content (AvgIpc) is 3.18. The highest BCUT2D eigenvalue weighted by molar-refractivity contribution is 5.61. The lowest BCUT2D eigenvalue weighted by Gasteiger charge is -2.12. The van der Waals surface area contributed by atoms with E-state index in [0.717, 1.165) is 44.4 Å². The number of hydrogen-bond donors (Lipinski definition) is 2. The highest BCUT2D eigenvalue weighted by atomic mass is 16.1. The molecule has 0 aromatic heterocycles. The minimum atomic E-state index is 0.153. The van der Waals surface area contributed by atoms with Crippen molar-refractivity contribution in [2.24, 2.45) is 17.3 Å². The molecule has 2 unspecified atom stereocenters. The maximum atomic E-state index is 10.5. The molecule has 3 rings (SSSR count). The van der Waals surface area contributed by atoms with E-state index in [1.54, 1.807) is 0 Å². The summed E-state index contributed by atoms with van der Waals surface area (Å²) in [5, 5.41) is 6.23. The van der Waals surface area contributed by atoms with E-state index in [-0.39, 0.29) is 12.1 Å². The summed E-state index contributed by atoms with van der Waals surface area (Å²) in [6, 6.07) is 0.319. The summed E-state index contributed by atoms with van der Waals surface area (Å²) in [6.45, 7) is 22.8. The number of aldehydes is 2. The average molecular weight is 373 g/mol. The van der Waals surface area contributed by atoms with E-state index in [4.69, 9.17) is 0 Å². The van der Waals surface area contributed by atoms with Crippen molar-refractivity contribution in [2.45, 2.75) is 101 Å². The Kier molecular flexibility index (Phi) is 22.0. The van der Waals surface area contributed by atoms with Gasteiger partial charge in [-0.2, -0.15) is 0 Å². The smallest absolute Gasteiger partial charge is 0.137 e. The molecule has 0 aromatic carbocycles. The highest BCUT2D eigenvalue weighted by Crippen LogP contribution is 2.61. The standard InChI is InChI=1S/C8H13NO.C5H9NO.C3H8.3C2H6/c1-8(2)5-3-9-6(4-10)7(5)8;7-4-5-2-1-3-6-5;1-3-2;3*1-2/h4-7,9H,3H2,1-2H3;4-6H,1-3H2;3H2,1-2H3;3*1-2H3/t5?,6-,7?;5-;;;;/m10..../s1. The van der Waals surface area contributed by atoms with E-state index in [0.29, 0.717) is 11.3 Å². The quantitative estimate of drug-likeness (QED) is 0.680. The number of carbonyl (C=O) groups excluding carboxylic acids is 2. The number of piperidine rings is 1. The van der Waals surface area contributed by atoms with Gasteiger partial charge < -0.3 is 20.2 Å². The predicted molar refractivity (Wildman–Crippen MR) is 116 cm³/mol. The van der Waals surface area contributed by atoms with Crippen molar-refractivity contribution < 1.29 is 9.59 Å². The van der Waals surface area contributed by atoms with Crippen LogP contribution in [-0.2, 0) is 9.59 Å². The Balaban J connectivity index is -0.000000292. The van der Waals surface area contributed by atoms with Gasteiger partial charge >= 0.3 is 0 Å². The molecule has 4 atom stereocenters. The van der Waals surface area contributed by atoms with Gasteiger partial charge in [0.05, 0.1) is 12.1 Å². The van der Waals surface area contributed by atoms with Crippen molar-refractivity contribution in [2.75, 3.05) is 13.1 Å². The second-order valence-corrected chi connectivity index (χ2v) is 6.57. The van der Waals surface area contributed by atoms with Gasteiger partial charge in [-0.1, -0.05) is 75.7 Å². The fourth-order valence-electron chi connectivity index (χ4n) is 3.24. The van der Waals surface area contributed by atoms with Crippen LogP contribution in [0.1, 0.15) is 88.5 Å². The molecule has 158 valence electrons. The number of hydrogen-bond acceptors (Lipinski definition) is 4. The first-order valence-electron chi connectivity index (χ1n) is 10.9. The van der Waals surface area contributed by atoms with E-state index in [9.17, 15) is 9.59 Å². The summed E-state index contributed by atoms with van der Waals surface area (Å²) in [6.07, 6.45) is 5.47. The van der Waals surface area contributed by atoms with Gasteiger partial charge in [0, 0.05) is 0 Å². The monoisotopic (exact) mass is 372 g/mol. The molecule has 0 aromatic rings. The highest BCUT2D eigenvalue weighted by Gasteiger charge is 2.63. The van der Waals surface area contributed by atoms with E-state index in [1.807, 2.05) is 41.5 Å². The van der Waals surface area contributed by atoms with Crippen LogP contribution in [0.2, 0.25) is 0 Å². The fraction of sp³-hybridized carbons (Fsp3) is 0.909. The number of nitrogens with one attached hydrogen (secondary N) is 2. The summed E-state index contributed by atoms with van der Waals surface area (Å²) in [5.74, 6) is 1.40. The molecule has 2 saturated heterocycles. The summed E-state index contributed by atoms with van der Waals surface area (Å²) >= 11 is 0. The third-order valence-electron chi connectivity index (χ3n) is 4.51. The molecule has 4 heteroatoms. The Morgan fingerprint density at radius 2 is 1.42 bits per heavy atom. The van der Waals surface area contributed by atoms with Crippen LogP contribution in [0.3, 0.4) is 0 Å². The summed E-state index contributed by atoms with van der Waals surface area (Å²) < 4.78 is 0. The van der Waals surface area contributed by atoms with Gasteiger partial charge in [0.1, 0.15) is 12.6 Å². The first-order chi connectivity index (χ1) is 12.5. The third kappa shape index (κ3) is 10.4. The van der Waals surface area contributed by atoms with Crippen LogP contribution in [0.5, 0.6) is 0 Å².